The molecule has 0 aromatic carbocycles. The summed E-state index contributed by atoms with van der Waals surface area (Å²) >= 11 is 0. The fourth-order valence-electron chi connectivity index (χ4n) is 1.65. The lowest BCUT2D eigenvalue weighted by atomic mass is 9.97. The maximum absolute atomic E-state index is 13.1. The van der Waals surface area contributed by atoms with Gasteiger partial charge in [-0.2, -0.15) is 5.10 Å². The Bertz CT molecular complexity index is 322. The minimum absolute atomic E-state index is 0.0742. The lowest BCUT2D eigenvalue weighted by molar-refractivity contribution is -0.0738. The SMILES string of the molecule is C=C(C[C@@H](C)N(C)CC(F)(F)CO)C(C)/C=N\NCC. The highest BCUT2D eigenvalue weighted by Crippen LogP contribution is 2.19. The molecule has 0 aliphatic heterocycles. The normalized spacial score (nSPS) is 15.6. The Kier molecular flexibility index (Phi) is 8.57. The molecular formula is C14H27F2N3O. The maximum atomic E-state index is 13.1. The first-order chi connectivity index (χ1) is 9.23. The minimum Gasteiger partial charge on any atom is -0.390 e. The number of aliphatic hydroxyl groups is 1. The van der Waals surface area contributed by atoms with Crippen LogP contribution in [0.3, 0.4) is 0 Å². The third-order valence-corrected chi connectivity index (χ3v) is 3.21. The molecule has 6 heteroatoms. The average Bonchev–Trinajstić information content (AvgIpc) is 2.38. The van der Waals surface area contributed by atoms with Gasteiger partial charge in [0.1, 0.15) is 6.61 Å². The predicted octanol–water partition coefficient (Wildman–Crippen LogP) is 2.11. The first-order valence-corrected chi connectivity index (χ1v) is 6.86. The van der Waals surface area contributed by atoms with Gasteiger partial charge in [0.05, 0.1) is 6.54 Å². The zero-order valence-electron chi connectivity index (χ0n) is 12.9. The van der Waals surface area contributed by atoms with Crippen LogP contribution in [0.25, 0.3) is 0 Å². The van der Waals surface area contributed by atoms with E-state index in [1.54, 1.807) is 13.3 Å². The van der Waals surface area contributed by atoms with Gasteiger partial charge in [0.15, 0.2) is 0 Å². The van der Waals surface area contributed by atoms with Crippen molar-refractivity contribution in [1.82, 2.24) is 10.3 Å². The monoisotopic (exact) mass is 291 g/mol. The Labute approximate surface area is 120 Å². The summed E-state index contributed by atoms with van der Waals surface area (Å²) in [5, 5.41) is 12.6. The lowest BCUT2D eigenvalue weighted by Crippen LogP contribution is -2.41. The van der Waals surface area contributed by atoms with Gasteiger partial charge in [0.2, 0.25) is 0 Å². The highest BCUT2D eigenvalue weighted by molar-refractivity contribution is 5.63. The van der Waals surface area contributed by atoms with Gasteiger partial charge in [-0.25, -0.2) is 8.78 Å². The van der Waals surface area contributed by atoms with Gasteiger partial charge in [-0.05, 0) is 27.3 Å². The van der Waals surface area contributed by atoms with E-state index in [-0.39, 0.29) is 12.0 Å². The van der Waals surface area contributed by atoms with Crippen molar-refractivity contribution in [2.45, 2.75) is 39.2 Å². The molecule has 0 saturated heterocycles. The number of nitrogens with one attached hydrogen (secondary N) is 1. The smallest absolute Gasteiger partial charge is 0.283 e. The second-order valence-electron chi connectivity index (χ2n) is 5.22. The van der Waals surface area contributed by atoms with Crippen molar-refractivity contribution in [3.63, 3.8) is 0 Å². The Morgan fingerprint density at radius 3 is 2.60 bits per heavy atom. The van der Waals surface area contributed by atoms with E-state index >= 15 is 0 Å². The van der Waals surface area contributed by atoms with E-state index in [4.69, 9.17) is 5.11 Å². The summed E-state index contributed by atoms with van der Waals surface area (Å²) in [4.78, 5) is 1.54. The summed E-state index contributed by atoms with van der Waals surface area (Å²) in [7, 11) is 1.62. The van der Waals surface area contributed by atoms with E-state index in [0.717, 1.165) is 12.1 Å². The van der Waals surface area contributed by atoms with Gasteiger partial charge in [-0.15, -0.1) is 0 Å². The molecule has 0 radical (unpaired) electrons. The highest BCUT2D eigenvalue weighted by Gasteiger charge is 2.31. The largest absolute Gasteiger partial charge is 0.390 e. The van der Waals surface area contributed by atoms with Gasteiger partial charge in [0, 0.05) is 24.7 Å². The second-order valence-corrected chi connectivity index (χ2v) is 5.22. The van der Waals surface area contributed by atoms with Crippen LogP contribution < -0.4 is 5.43 Å². The molecular weight excluding hydrogens is 264 g/mol. The molecule has 2 atom stereocenters. The van der Waals surface area contributed by atoms with Crippen LogP contribution in [-0.2, 0) is 0 Å². The molecule has 2 N–H and O–H groups in total. The summed E-state index contributed by atoms with van der Waals surface area (Å²) in [5.41, 5.74) is 3.78. The van der Waals surface area contributed by atoms with E-state index in [1.165, 1.54) is 4.90 Å². The van der Waals surface area contributed by atoms with Crippen LogP contribution >= 0.6 is 0 Å². The molecule has 0 aliphatic carbocycles. The Morgan fingerprint density at radius 2 is 2.10 bits per heavy atom. The highest BCUT2D eigenvalue weighted by atomic mass is 19.3. The van der Waals surface area contributed by atoms with Crippen molar-refractivity contribution >= 4 is 6.21 Å². The van der Waals surface area contributed by atoms with Crippen LogP contribution in [-0.4, -0.2) is 54.9 Å². The molecule has 0 saturated carbocycles. The van der Waals surface area contributed by atoms with Gasteiger partial charge in [-0.1, -0.05) is 19.1 Å². The van der Waals surface area contributed by atoms with E-state index < -0.39 is 19.1 Å². The molecule has 118 valence electrons. The molecule has 0 spiro atoms. The number of hydrogen-bond acceptors (Lipinski definition) is 4. The summed E-state index contributed by atoms with van der Waals surface area (Å²) in [5.74, 6) is -2.98. The van der Waals surface area contributed by atoms with Gasteiger partial charge >= 0.3 is 0 Å². The van der Waals surface area contributed by atoms with Gasteiger partial charge < -0.3 is 10.5 Å². The number of hydrazone groups is 1. The minimum atomic E-state index is -3.07. The Balaban J connectivity index is 4.30. The van der Waals surface area contributed by atoms with Crippen LogP contribution in [0.5, 0.6) is 0 Å². The molecule has 0 aromatic rings. The lowest BCUT2D eigenvalue weighted by Gasteiger charge is -2.29. The molecule has 0 aliphatic rings. The molecule has 0 bridgehead atoms. The van der Waals surface area contributed by atoms with Crippen molar-refractivity contribution in [3.8, 4) is 0 Å². The molecule has 4 nitrogen and oxygen atoms in total. The summed E-state index contributed by atoms with van der Waals surface area (Å²) in [6, 6.07) is -0.0742. The van der Waals surface area contributed by atoms with Gasteiger partial charge in [0.25, 0.3) is 5.92 Å². The van der Waals surface area contributed by atoms with Crippen LogP contribution in [0, 0.1) is 5.92 Å². The summed E-state index contributed by atoms with van der Waals surface area (Å²) < 4.78 is 26.2. The average molecular weight is 291 g/mol. The molecule has 1 unspecified atom stereocenters. The quantitative estimate of drug-likeness (QED) is 0.368. The van der Waals surface area contributed by atoms with Crippen molar-refractivity contribution in [1.29, 1.82) is 0 Å². The van der Waals surface area contributed by atoms with Crippen LogP contribution in [0.4, 0.5) is 8.78 Å². The molecule has 0 rings (SSSR count). The third kappa shape index (κ3) is 7.55. The second kappa shape index (κ2) is 9.02. The van der Waals surface area contributed by atoms with Crippen LogP contribution in [0.15, 0.2) is 17.3 Å². The first kappa shape index (κ1) is 19.0. The number of rotatable bonds is 10. The molecule has 0 aromatic heterocycles. The van der Waals surface area contributed by atoms with Gasteiger partial charge in [-0.3, -0.25) is 4.90 Å². The molecule has 0 fully saturated rings. The Hall–Kier alpha value is -1.01. The summed E-state index contributed by atoms with van der Waals surface area (Å²) in [6.07, 6.45) is 2.37. The summed E-state index contributed by atoms with van der Waals surface area (Å²) in [6.45, 7) is 8.95. The standard InChI is InChI=1S/C14H27F2N3O/c1-6-17-18-8-12(3)11(2)7-13(4)19(5)9-14(15,16)10-20/h8,12-13,17,20H,2,6-7,9-10H2,1,3-5H3/b18-8-/t12?,13-/m1/s1. The molecule has 0 heterocycles. The number of nitrogens with zero attached hydrogens (tertiary/aromatic N) is 2. The van der Waals surface area contributed by atoms with E-state index in [0.29, 0.717) is 6.42 Å². The number of halogens is 2. The first-order valence-electron chi connectivity index (χ1n) is 6.86. The topological polar surface area (TPSA) is 47.9 Å². The van der Waals surface area contributed by atoms with E-state index in [9.17, 15) is 8.78 Å². The predicted molar refractivity (Wildman–Crippen MR) is 79.2 cm³/mol. The number of aliphatic hydroxyl groups excluding tert-OH is 1. The van der Waals surface area contributed by atoms with Crippen LogP contribution in [0.1, 0.15) is 27.2 Å². The van der Waals surface area contributed by atoms with Crippen molar-refractivity contribution < 1.29 is 13.9 Å². The van der Waals surface area contributed by atoms with Crippen molar-refractivity contribution in [2.24, 2.45) is 11.0 Å². The molecule has 20 heavy (non-hydrogen) atoms. The molecule has 0 amide bonds. The van der Waals surface area contributed by atoms with Crippen molar-refractivity contribution in [3.05, 3.63) is 12.2 Å². The van der Waals surface area contributed by atoms with Crippen molar-refractivity contribution in [2.75, 3.05) is 26.7 Å². The number of hydrogen-bond donors (Lipinski definition) is 2. The maximum Gasteiger partial charge on any atom is 0.283 e. The van der Waals surface area contributed by atoms with Crippen LogP contribution in [0.2, 0.25) is 0 Å². The van der Waals surface area contributed by atoms with E-state index in [2.05, 4.69) is 17.1 Å². The van der Waals surface area contributed by atoms with E-state index in [1.807, 2.05) is 20.8 Å². The third-order valence-electron chi connectivity index (χ3n) is 3.21. The fraction of sp³-hybridized carbons (Fsp3) is 0.786. The zero-order chi connectivity index (χ0) is 15.8. The number of alkyl halides is 2. The Morgan fingerprint density at radius 1 is 1.50 bits per heavy atom. The fourth-order valence-corrected chi connectivity index (χ4v) is 1.65. The zero-order valence-corrected chi connectivity index (χ0v) is 12.9.